The molecule has 0 aliphatic heterocycles. The Morgan fingerprint density at radius 1 is 1.28 bits per heavy atom. The van der Waals surface area contributed by atoms with E-state index in [1.807, 2.05) is 0 Å². The fourth-order valence-electron chi connectivity index (χ4n) is 1.94. The van der Waals surface area contributed by atoms with Gasteiger partial charge in [0.2, 0.25) is 0 Å². The Morgan fingerprint density at radius 2 is 2.00 bits per heavy atom. The van der Waals surface area contributed by atoms with E-state index in [1.165, 1.54) is 4.88 Å². The van der Waals surface area contributed by atoms with E-state index in [2.05, 4.69) is 51.0 Å². The average molecular weight is 263 g/mol. The summed E-state index contributed by atoms with van der Waals surface area (Å²) in [6, 6.07) is 2.17. The first-order valence-corrected chi connectivity index (χ1v) is 7.21. The Balaban J connectivity index is 2.49. The van der Waals surface area contributed by atoms with Gasteiger partial charge in [0, 0.05) is 17.8 Å². The molecular weight excluding hydrogens is 242 g/mol. The minimum absolute atomic E-state index is 0.212. The molecule has 18 heavy (non-hydrogen) atoms. The molecule has 1 N–H and O–H groups in total. The Bertz CT molecular complexity index is 552. The van der Waals surface area contributed by atoms with E-state index in [0.717, 1.165) is 34.8 Å². The molecule has 3 nitrogen and oxygen atoms in total. The Morgan fingerprint density at radius 3 is 2.61 bits per heavy atom. The van der Waals surface area contributed by atoms with E-state index >= 15 is 0 Å². The highest BCUT2D eigenvalue weighted by Gasteiger charge is 2.16. The second kappa shape index (κ2) is 4.84. The highest BCUT2D eigenvalue weighted by atomic mass is 32.1. The molecule has 2 rings (SSSR count). The maximum atomic E-state index is 4.69. The van der Waals surface area contributed by atoms with E-state index in [-0.39, 0.29) is 5.41 Å². The summed E-state index contributed by atoms with van der Waals surface area (Å²) in [4.78, 5) is 11.7. The van der Waals surface area contributed by atoms with Crippen LogP contribution in [0.1, 0.15) is 38.4 Å². The zero-order valence-corrected chi connectivity index (χ0v) is 12.6. The van der Waals surface area contributed by atoms with Crippen LogP contribution in [0.5, 0.6) is 0 Å². The fourth-order valence-corrected chi connectivity index (χ4v) is 2.84. The maximum Gasteiger partial charge on any atom is 0.138 e. The van der Waals surface area contributed by atoms with Gasteiger partial charge in [-0.3, -0.25) is 0 Å². The molecule has 2 aromatic heterocycles. The first kappa shape index (κ1) is 13.3. The number of fused-ring (bicyclic) bond motifs is 1. The van der Waals surface area contributed by atoms with Gasteiger partial charge < -0.3 is 5.32 Å². The van der Waals surface area contributed by atoms with Gasteiger partial charge in [-0.05, 0) is 25.3 Å². The van der Waals surface area contributed by atoms with E-state index in [0.29, 0.717) is 0 Å². The van der Waals surface area contributed by atoms with Crippen LogP contribution in [0.15, 0.2) is 6.07 Å². The molecule has 0 bridgehead atoms. The molecular formula is C14H21N3S. The van der Waals surface area contributed by atoms with Crippen molar-refractivity contribution in [2.45, 2.75) is 41.0 Å². The van der Waals surface area contributed by atoms with Crippen molar-refractivity contribution in [1.29, 1.82) is 0 Å². The number of rotatable bonds is 3. The average Bonchev–Trinajstić information content (AvgIpc) is 2.56. The Labute approximate surface area is 113 Å². The highest BCUT2D eigenvalue weighted by molar-refractivity contribution is 7.18. The SMILES string of the molecule is CCNc1nc(CC(C)(C)C)nc2sc(C)cc12. The molecule has 0 unspecified atom stereocenters. The summed E-state index contributed by atoms with van der Waals surface area (Å²) in [5, 5.41) is 4.50. The van der Waals surface area contributed by atoms with Crippen molar-refractivity contribution in [1.82, 2.24) is 9.97 Å². The lowest BCUT2D eigenvalue weighted by Crippen LogP contribution is -2.13. The van der Waals surface area contributed by atoms with Gasteiger partial charge >= 0.3 is 0 Å². The van der Waals surface area contributed by atoms with Crippen LogP contribution in [0.2, 0.25) is 0 Å². The summed E-state index contributed by atoms with van der Waals surface area (Å²) in [5.41, 5.74) is 0.212. The smallest absolute Gasteiger partial charge is 0.138 e. The van der Waals surface area contributed by atoms with Gasteiger partial charge in [-0.1, -0.05) is 20.8 Å². The number of nitrogens with zero attached hydrogens (tertiary/aromatic N) is 2. The van der Waals surface area contributed by atoms with Crippen LogP contribution in [-0.2, 0) is 6.42 Å². The summed E-state index contributed by atoms with van der Waals surface area (Å²) >= 11 is 1.74. The molecule has 2 heterocycles. The molecule has 0 aromatic carbocycles. The molecule has 0 radical (unpaired) electrons. The monoisotopic (exact) mass is 263 g/mol. The molecule has 0 saturated heterocycles. The molecule has 0 fully saturated rings. The summed E-state index contributed by atoms with van der Waals surface area (Å²) in [5.74, 6) is 1.92. The van der Waals surface area contributed by atoms with Crippen LogP contribution < -0.4 is 5.32 Å². The molecule has 98 valence electrons. The molecule has 0 aliphatic rings. The summed E-state index contributed by atoms with van der Waals surface area (Å²) in [6.07, 6.45) is 0.901. The Kier molecular flexibility index (Phi) is 3.57. The lowest BCUT2D eigenvalue weighted by Gasteiger charge is -2.17. The highest BCUT2D eigenvalue weighted by Crippen LogP contribution is 2.30. The molecule has 2 aromatic rings. The van der Waals surface area contributed by atoms with Crippen molar-refractivity contribution >= 4 is 27.4 Å². The quantitative estimate of drug-likeness (QED) is 0.909. The third-order valence-corrected chi connectivity index (χ3v) is 3.54. The van der Waals surface area contributed by atoms with E-state index < -0.39 is 0 Å². The second-order valence-corrected chi connectivity index (χ2v) is 7.07. The minimum atomic E-state index is 0.212. The van der Waals surface area contributed by atoms with Crippen LogP contribution in [-0.4, -0.2) is 16.5 Å². The normalized spacial score (nSPS) is 12.1. The lowest BCUT2D eigenvalue weighted by atomic mass is 9.92. The number of aryl methyl sites for hydroxylation is 1. The van der Waals surface area contributed by atoms with Gasteiger partial charge in [0.05, 0.1) is 5.39 Å². The maximum absolute atomic E-state index is 4.69. The molecule has 0 amide bonds. The van der Waals surface area contributed by atoms with Gasteiger partial charge in [-0.15, -0.1) is 11.3 Å². The first-order chi connectivity index (χ1) is 8.39. The van der Waals surface area contributed by atoms with Crippen molar-refractivity contribution in [3.63, 3.8) is 0 Å². The predicted molar refractivity (Wildman–Crippen MR) is 79.5 cm³/mol. The predicted octanol–water partition coefficient (Wildman–Crippen LogP) is 4.02. The van der Waals surface area contributed by atoms with Crippen LogP contribution >= 0.6 is 11.3 Å². The zero-order chi connectivity index (χ0) is 13.3. The van der Waals surface area contributed by atoms with Gasteiger partial charge in [0.15, 0.2) is 0 Å². The minimum Gasteiger partial charge on any atom is -0.370 e. The topological polar surface area (TPSA) is 37.8 Å². The molecule has 0 saturated carbocycles. The van der Waals surface area contributed by atoms with E-state index in [4.69, 9.17) is 4.98 Å². The molecule has 0 atom stereocenters. The van der Waals surface area contributed by atoms with Gasteiger partial charge in [-0.25, -0.2) is 9.97 Å². The molecule has 0 aliphatic carbocycles. The van der Waals surface area contributed by atoms with Crippen LogP contribution in [0.4, 0.5) is 5.82 Å². The first-order valence-electron chi connectivity index (χ1n) is 6.40. The van der Waals surface area contributed by atoms with Crippen molar-refractivity contribution in [3.05, 3.63) is 16.8 Å². The number of aromatic nitrogens is 2. The summed E-state index contributed by atoms with van der Waals surface area (Å²) in [7, 11) is 0. The van der Waals surface area contributed by atoms with E-state index in [1.54, 1.807) is 11.3 Å². The second-order valence-electron chi connectivity index (χ2n) is 5.83. The Hall–Kier alpha value is -1.16. The van der Waals surface area contributed by atoms with Crippen molar-refractivity contribution in [2.75, 3.05) is 11.9 Å². The van der Waals surface area contributed by atoms with Gasteiger partial charge in [0.1, 0.15) is 16.5 Å². The third-order valence-electron chi connectivity index (χ3n) is 2.59. The number of thiophene rings is 1. The van der Waals surface area contributed by atoms with Gasteiger partial charge in [0.25, 0.3) is 0 Å². The van der Waals surface area contributed by atoms with Crippen LogP contribution in [0.25, 0.3) is 10.2 Å². The zero-order valence-electron chi connectivity index (χ0n) is 11.8. The van der Waals surface area contributed by atoms with Crippen molar-refractivity contribution in [3.8, 4) is 0 Å². The van der Waals surface area contributed by atoms with Crippen molar-refractivity contribution in [2.24, 2.45) is 5.41 Å². The molecule has 0 spiro atoms. The third kappa shape index (κ3) is 2.99. The lowest BCUT2D eigenvalue weighted by molar-refractivity contribution is 0.401. The van der Waals surface area contributed by atoms with Gasteiger partial charge in [-0.2, -0.15) is 0 Å². The van der Waals surface area contributed by atoms with Crippen LogP contribution in [0, 0.1) is 12.3 Å². The number of anilines is 1. The number of nitrogens with one attached hydrogen (secondary N) is 1. The summed E-state index contributed by atoms with van der Waals surface area (Å²) < 4.78 is 0. The standard InChI is InChI=1S/C14H21N3S/c1-6-15-12-10-7-9(2)18-13(10)17-11(16-12)8-14(3,4)5/h7H,6,8H2,1-5H3,(H,15,16,17). The van der Waals surface area contributed by atoms with Crippen LogP contribution in [0.3, 0.4) is 0 Å². The fraction of sp³-hybridized carbons (Fsp3) is 0.571. The number of hydrogen-bond acceptors (Lipinski definition) is 4. The number of hydrogen-bond donors (Lipinski definition) is 1. The molecule has 4 heteroatoms. The van der Waals surface area contributed by atoms with E-state index in [9.17, 15) is 0 Å². The largest absolute Gasteiger partial charge is 0.370 e. The van der Waals surface area contributed by atoms with Crippen molar-refractivity contribution < 1.29 is 0 Å². The summed E-state index contributed by atoms with van der Waals surface area (Å²) in [6.45, 7) is 11.7.